The van der Waals surface area contributed by atoms with Gasteiger partial charge in [0.2, 0.25) is 17.7 Å². The number of nitrogens with one attached hydrogen (secondary N) is 2. The van der Waals surface area contributed by atoms with Gasteiger partial charge in [0.05, 0.1) is 12.6 Å². The highest BCUT2D eigenvalue weighted by atomic mass is 19.1. The molecule has 3 rings (SSSR count). The van der Waals surface area contributed by atoms with Gasteiger partial charge in [-0.3, -0.25) is 19.2 Å². The minimum Gasteiger partial charge on any atom is -0.344 e. The van der Waals surface area contributed by atoms with E-state index in [-0.39, 0.29) is 25.2 Å². The Balaban J connectivity index is 1.87. The largest absolute Gasteiger partial charge is 0.344 e. The van der Waals surface area contributed by atoms with Crippen molar-refractivity contribution in [2.24, 2.45) is 0 Å². The van der Waals surface area contributed by atoms with Crippen molar-refractivity contribution in [2.75, 3.05) is 6.54 Å². The molecule has 2 aromatic rings. The second-order valence-corrected chi connectivity index (χ2v) is 9.67. The molecule has 1 heterocycles. The van der Waals surface area contributed by atoms with Crippen LogP contribution in [-0.2, 0) is 19.2 Å². The van der Waals surface area contributed by atoms with E-state index in [1.54, 1.807) is 0 Å². The average Bonchev–Trinajstić information content (AvgIpc) is 3.23. The van der Waals surface area contributed by atoms with Crippen LogP contribution in [0.15, 0.2) is 54.6 Å². The Hall–Kier alpha value is -3.55. The first-order chi connectivity index (χ1) is 17.1. The van der Waals surface area contributed by atoms with Crippen LogP contribution in [0.5, 0.6) is 0 Å². The Bertz CT molecular complexity index is 1070. The van der Waals surface area contributed by atoms with Gasteiger partial charge < -0.3 is 15.5 Å². The van der Waals surface area contributed by atoms with Crippen LogP contribution in [0.2, 0.25) is 0 Å². The van der Waals surface area contributed by atoms with E-state index in [0.717, 1.165) is 16.0 Å². The number of Topliss-reactive ketones (excluding diaryl/α,β-unsaturated/α-hetero) is 1. The summed E-state index contributed by atoms with van der Waals surface area (Å²) in [6, 6.07) is 14.7. The first-order valence-electron chi connectivity index (χ1n) is 12.2. The number of rotatable bonds is 9. The lowest BCUT2D eigenvalue weighted by molar-refractivity contribution is -0.142. The Morgan fingerprint density at radius 2 is 1.50 bits per heavy atom. The maximum Gasteiger partial charge on any atom is 0.246 e. The fraction of sp³-hybridized carbons (Fsp3) is 0.429. The maximum absolute atomic E-state index is 14.5. The smallest absolute Gasteiger partial charge is 0.246 e. The Kier molecular flexibility index (Phi) is 8.96. The molecule has 36 heavy (non-hydrogen) atoms. The fourth-order valence-corrected chi connectivity index (χ4v) is 4.53. The number of benzene rings is 2. The van der Waals surface area contributed by atoms with Gasteiger partial charge in [-0.05, 0) is 29.5 Å². The molecule has 8 heteroatoms. The zero-order valence-corrected chi connectivity index (χ0v) is 21.2. The molecule has 2 N–H and O–H groups in total. The summed E-state index contributed by atoms with van der Waals surface area (Å²) >= 11 is 0. The molecule has 7 nitrogen and oxygen atoms in total. The molecule has 2 aromatic carbocycles. The first kappa shape index (κ1) is 27.0. The standard InChI is InChI=1S/C28H34FN3O4/c1-17(2)20-10-12-22(13-11-20)26(21-8-6-5-7-9-21)31-27(35)25-15-23(29)16-32(25)28(36)24(14-18(3)33)30-19(4)34/h5-13,17,23-26H,14-16H2,1-4H3,(H,30,34)(H,31,35)/t23-,24-,25+,26+/m1/s1. The van der Waals surface area contributed by atoms with Crippen molar-refractivity contribution < 1.29 is 23.6 Å². The van der Waals surface area contributed by atoms with Crippen molar-refractivity contribution in [3.63, 3.8) is 0 Å². The molecule has 0 bridgehead atoms. The molecule has 1 aliphatic heterocycles. The third-order valence-electron chi connectivity index (χ3n) is 6.36. The van der Waals surface area contributed by atoms with E-state index in [2.05, 4.69) is 24.5 Å². The van der Waals surface area contributed by atoms with Gasteiger partial charge in [-0.25, -0.2) is 4.39 Å². The molecule has 0 aliphatic carbocycles. The van der Waals surface area contributed by atoms with Gasteiger partial charge >= 0.3 is 0 Å². The summed E-state index contributed by atoms with van der Waals surface area (Å²) < 4.78 is 14.5. The van der Waals surface area contributed by atoms with Crippen molar-refractivity contribution in [1.82, 2.24) is 15.5 Å². The topological polar surface area (TPSA) is 95.6 Å². The van der Waals surface area contributed by atoms with Crippen molar-refractivity contribution >= 4 is 23.5 Å². The van der Waals surface area contributed by atoms with E-state index in [4.69, 9.17) is 0 Å². The second kappa shape index (κ2) is 11.9. The third-order valence-corrected chi connectivity index (χ3v) is 6.36. The van der Waals surface area contributed by atoms with Gasteiger partial charge in [0.15, 0.2) is 0 Å². The molecular formula is C28H34FN3O4. The van der Waals surface area contributed by atoms with Crippen LogP contribution >= 0.6 is 0 Å². The Morgan fingerprint density at radius 1 is 0.917 bits per heavy atom. The number of carbonyl (C=O) groups excluding carboxylic acids is 4. The molecular weight excluding hydrogens is 461 g/mol. The van der Waals surface area contributed by atoms with Crippen molar-refractivity contribution in [2.45, 2.75) is 70.8 Å². The van der Waals surface area contributed by atoms with Gasteiger partial charge in [-0.15, -0.1) is 0 Å². The average molecular weight is 496 g/mol. The minimum absolute atomic E-state index is 0.155. The molecule has 0 aromatic heterocycles. The van der Waals surface area contributed by atoms with Crippen LogP contribution < -0.4 is 10.6 Å². The summed E-state index contributed by atoms with van der Waals surface area (Å²) in [5.41, 5.74) is 2.88. The van der Waals surface area contributed by atoms with Crippen molar-refractivity contribution in [1.29, 1.82) is 0 Å². The predicted octanol–water partition coefficient (Wildman–Crippen LogP) is 3.44. The van der Waals surface area contributed by atoms with Gasteiger partial charge in [-0.1, -0.05) is 68.4 Å². The quantitative estimate of drug-likeness (QED) is 0.557. The number of ketones is 1. The van der Waals surface area contributed by atoms with Crippen molar-refractivity contribution in [3.05, 3.63) is 71.3 Å². The van der Waals surface area contributed by atoms with E-state index in [9.17, 15) is 23.6 Å². The molecule has 0 radical (unpaired) electrons. The number of hydrogen-bond acceptors (Lipinski definition) is 4. The highest BCUT2D eigenvalue weighted by Gasteiger charge is 2.42. The summed E-state index contributed by atoms with van der Waals surface area (Å²) in [4.78, 5) is 51.1. The van der Waals surface area contributed by atoms with Crippen molar-refractivity contribution in [3.8, 4) is 0 Å². The number of carbonyl (C=O) groups is 4. The molecule has 0 saturated carbocycles. The number of hydrogen-bond donors (Lipinski definition) is 2. The summed E-state index contributed by atoms with van der Waals surface area (Å²) in [5, 5.41) is 5.48. The number of halogens is 1. The van der Waals surface area contributed by atoms with Gasteiger partial charge in [0, 0.05) is 19.8 Å². The van der Waals surface area contributed by atoms with Crippen LogP contribution in [0.1, 0.15) is 69.2 Å². The lowest BCUT2D eigenvalue weighted by Gasteiger charge is -2.29. The first-order valence-corrected chi connectivity index (χ1v) is 12.2. The van der Waals surface area contributed by atoms with Gasteiger partial charge in [-0.2, -0.15) is 0 Å². The summed E-state index contributed by atoms with van der Waals surface area (Å²) in [6.45, 7) is 6.48. The zero-order valence-electron chi connectivity index (χ0n) is 21.2. The molecule has 4 atom stereocenters. The molecule has 0 spiro atoms. The van der Waals surface area contributed by atoms with Crippen LogP contribution in [0.4, 0.5) is 4.39 Å². The lowest BCUT2D eigenvalue weighted by Crippen LogP contribution is -2.54. The molecule has 3 amide bonds. The third kappa shape index (κ3) is 6.77. The number of amides is 3. The van der Waals surface area contributed by atoms with E-state index in [1.165, 1.54) is 19.4 Å². The fourth-order valence-electron chi connectivity index (χ4n) is 4.53. The normalized spacial score (nSPS) is 19.0. The number of likely N-dealkylation sites (tertiary alicyclic amines) is 1. The van der Waals surface area contributed by atoms with E-state index < -0.39 is 42.0 Å². The van der Waals surface area contributed by atoms with Gasteiger partial charge in [0.1, 0.15) is 24.0 Å². The zero-order chi connectivity index (χ0) is 26.4. The van der Waals surface area contributed by atoms with Crippen LogP contribution in [-0.4, -0.2) is 53.2 Å². The lowest BCUT2D eigenvalue weighted by atomic mass is 9.95. The van der Waals surface area contributed by atoms with Crippen LogP contribution in [0, 0.1) is 0 Å². The monoisotopic (exact) mass is 495 g/mol. The molecule has 192 valence electrons. The Labute approximate surface area is 211 Å². The SMILES string of the molecule is CC(=O)C[C@@H](NC(C)=O)C(=O)N1C[C@H](F)C[C@H]1C(=O)N[C@@H](c1ccccc1)c1ccc(C(C)C)cc1. The van der Waals surface area contributed by atoms with Crippen LogP contribution in [0.25, 0.3) is 0 Å². The van der Waals surface area contributed by atoms with E-state index in [0.29, 0.717) is 5.92 Å². The second-order valence-electron chi connectivity index (χ2n) is 9.67. The van der Waals surface area contributed by atoms with E-state index >= 15 is 0 Å². The van der Waals surface area contributed by atoms with Gasteiger partial charge in [0.25, 0.3) is 0 Å². The highest BCUT2D eigenvalue weighted by molar-refractivity contribution is 5.95. The number of nitrogens with zero attached hydrogens (tertiary/aromatic N) is 1. The summed E-state index contributed by atoms with van der Waals surface area (Å²) in [5.74, 6) is -1.56. The molecule has 1 saturated heterocycles. The van der Waals surface area contributed by atoms with Crippen LogP contribution in [0.3, 0.4) is 0 Å². The number of alkyl halides is 1. The highest BCUT2D eigenvalue weighted by Crippen LogP contribution is 2.27. The van der Waals surface area contributed by atoms with E-state index in [1.807, 2.05) is 54.6 Å². The summed E-state index contributed by atoms with van der Waals surface area (Å²) in [7, 11) is 0. The molecule has 1 aliphatic rings. The minimum atomic E-state index is -1.39. The summed E-state index contributed by atoms with van der Waals surface area (Å²) in [6.07, 6.45) is -1.77. The Morgan fingerprint density at radius 3 is 2.06 bits per heavy atom. The maximum atomic E-state index is 14.5. The predicted molar refractivity (Wildman–Crippen MR) is 135 cm³/mol. The molecule has 0 unspecified atom stereocenters. The molecule has 1 fully saturated rings.